The van der Waals surface area contributed by atoms with E-state index in [4.69, 9.17) is 0 Å². The smallest absolute Gasteiger partial charge is 0.0494 e. The molecule has 0 amide bonds. The molecule has 0 aliphatic heterocycles. The monoisotopic (exact) mass is 602 g/mol. The standard InChI is InChI=1S/3C13H21N.C2H4/c2*1-12(2,3)10-7-8-14-9-11(10)13(4,5)6;1-12(2,3)10-8-7-9-14-11(10)13(4,5)6;1-2/h3*7-9H,1-6H3;1-2H2. The quantitative estimate of drug-likeness (QED) is 0.241. The van der Waals surface area contributed by atoms with Crippen LogP contribution in [0.1, 0.15) is 158 Å². The van der Waals surface area contributed by atoms with Crippen molar-refractivity contribution in [2.75, 3.05) is 0 Å². The Bertz CT molecular complexity index is 1020. The van der Waals surface area contributed by atoms with Crippen molar-refractivity contribution in [1.82, 2.24) is 15.0 Å². The third-order valence-corrected chi connectivity index (χ3v) is 7.20. The van der Waals surface area contributed by atoms with Crippen molar-refractivity contribution in [2.45, 2.75) is 157 Å². The van der Waals surface area contributed by atoms with Crippen LogP contribution in [0.5, 0.6) is 0 Å². The van der Waals surface area contributed by atoms with Crippen LogP contribution in [0.2, 0.25) is 0 Å². The Labute approximate surface area is 273 Å². The summed E-state index contributed by atoms with van der Waals surface area (Å²) in [6, 6.07) is 8.49. The molecule has 0 aliphatic carbocycles. The minimum atomic E-state index is 0.129. The summed E-state index contributed by atoms with van der Waals surface area (Å²) in [6.45, 7) is 46.2. The molecule has 0 saturated carbocycles. The van der Waals surface area contributed by atoms with E-state index < -0.39 is 0 Å². The lowest BCUT2D eigenvalue weighted by atomic mass is 9.76. The van der Waals surface area contributed by atoms with E-state index in [1.54, 1.807) is 0 Å². The molecular formula is C41H67N3. The molecule has 3 aromatic rings. The number of rotatable bonds is 0. The Kier molecular flexibility index (Phi) is 14.5. The topological polar surface area (TPSA) is 38.7 Å². The van der Waals surface area contributed by atoms with Gasteiger partial charge in [-0.1, -0.05) is 131 Å². The fraction of sp³-hybridized carbons (Fsp3) is 0.585. The van der Waals surface area contributed by atoms with Gasteiger partial charge in [0.25, 0.3) is 0 Å². The summed E-state index contributed by atoms with van der Waals surface area (Å²) in [5, 5.41) is 0. The summed E-state index contributed by atoms with van der Waals surface area (Å²) in [7, 11) is 0. The van der Waals surface area contributed by atoms with Crippen molar-refractivity contribution in [3.8, 4) is 0 Å². The highest BCUT2D eigenvalue weighted by Crippen LogP contribution is 2.34. The zero-order chi connectivity index (χ0) is 34.9. The third-order valence-electron chi connectivity index (χ3n) is 7.20. The van der Waals surface area contributed by atoms with Crippen LogP contribution in [0.25, 0.3) is 0 Å². The SMILES string of the molecule is C=C.CC(C)(C)c1cccnc1C(C)(C)C.CC(C)(C)c1ccncc1C(C)(C)C.CC(C)(C)c1ccncc1C(C)(C)C. The molecule has 0 bridgehead atoms. The Morgan fingerprint density at radius 1 is 0.386 bits per heavy atom. The number of hydrogen-bond acceptors (Lipinski definition) is 3. The summed E-state index contributed by atoms with van der Waals surface area (Å²) in [6.07, 6.45) is 9.66. The highest BCUT2D eigenvalue weighted by molar-refractivity contribution is 5.36. The van der Waals surface area contributed by atoms with Gasteiger partial charge in [0.15, 0.2) is 0 Å². The van der Waals surface area contributed by atoms with E-state index in [-0.39, 0.29) is 32.5 Å². The van der Waals surface area contributed by atoms with Crippen LogP contribution in [0.4, 0.5) is 0 Å². The van der Waals surface area contributed by atoms with Crippen molar-refractivity contribution < 1.29 is 0 Å². The van der Waals surface area contributed by atoms with Crippen molar-refractivity contribution in [2.24, 2.45) is 0 Å². The molecule has 0 fully saturated rings. The van der Waals surface area contributed by atoms with Gasteiger partial charge in [-0.25, -0.2) is 0 Å². The summed E-state index contributed by atoms with van der Waals surface area (Å²) < 4.78 is 0. The van der Waals surface area contributed by atoms with Crippen LogP contribution < -0.4 is 0 Å². The molecule has 0 N–H and O–H groups in total. The Balaban J connectivity index is 0.000000612. The van der Waals surface area contributed by atoms with E-state index in [1.807, 2.05) is 37.1 Å². The molecule has 44 heavy (non-hydrogen) atoms. The minimum Gasteiger partial charge on any atom is -0.264 e. The van der Waals surface area contributed by atoms with Gasteiger partial charge in [-0.3, -0.25) is 15.0 Å². The number of nitrogens with zero attached hydrogens (tertiary/aromatic N) is 3. The molecule has 0 unspecified atom stereocenters. The molecule has 3 nitrogen and oxygen atoms in total. The lowest BCUT2D eigenvalue weighted by molar-refractivity contribution is 0.514. The van der Waals surface area contributed by atoms with E-state index in [9.17, 15) is 0 Å². The maximum atomic E-state index is 4.52. The lowest BCUT2D eigenvalue weighted by Crippen LogP contribution is -2.23. The van der Waals surface area contributed by atoms with Crippen molar-refractivity contribution >= 4 is 0 Å². The maximum absolute atomic E-state index is 4.52. The average molecular weight is 602 g/mol. The summed E-state index contributed by atoms with van der Waals surface area (Å²) in [5.74, 6) is 0. The van der Waals surface area contributed by atoms with Crippen LogP contribution in [0.15, 0.2) is 68.4 Å². The molecule has 3 aromatic heterocycles. The van der Waals surface area contributed by atoms with E-state index in [1.165, 1.54) is 33.5 Å². The van der Waals surface area contributed by atoms with Crippen molar-refractivity contribution in [3.63, 3.8) is 0 Å². The van der Waals surface area contributed by atoms with E-state index in [2.05, 4.69) is 171 Å². The van der Waals surface area contributed by atoms with Gasteiger partial charge in [-0.2, -0.15) is 0 Å². The maximum Gasteiger partial charge on any atom is 0.0494 e. The molecule has 3 rings (SSSR count). The van der Waals surface area contributed by atoms with Crippen molar-refractivity contribution in [3.05, 3.63) is 102 Å². The van der Waals surface area contributed by atoms with E-state index in [0.29, 0.717) is 0 Å². The molecule has 0 radical (unpaired) electrons. The predicted molar refractivity (Wildman–Crippen MR) is 196 cm³/mol. The van der Waals surface area contributed by atoms with Gasteiger partial charge in [0, 0.05) is 42.1 Å². The number of aromatic nitrogens is 3. The second kappa shape index (κ2) is 15.5. The van der Waals surface area contributed by atoms with Gasteiger partial charge in [0.05, 0.1) is 0 Å². The second-order valence-corrected chi connectivity index (χ2v) is 17.7. The van der Waals surface area contributed by atoms with E-state index >= 15 is 0 Å². The van der Waals surface area contributed by atoms with Crippen molar-refractivity contribution in [1.29, 1.82) is 0 Å². The van der Waals surface area contributed by atoms with Gasteiger partial charge in [0.2, 0.25) is 0 Å². The zero-order valence-corrected chi connectivity index (χ0v) is 32.0. The first kappa shape index (κ1) is 41.2. The van der Waals surface area contributed by atoms with Crippen LogP contribution in [-0.2, 0) is 32.5 Å². The first-order valence-corrected chi connectivity index (χ1v) is 16.0. The Morgan fingerprint density at radius 2 is 0.705 bits per heavy atom. The van der Waals surface area contributed by atoms with Crippen LogP contribution >= 0.6 is 0 Å². The largest absolute Gasteiger partial charge is 0.264 e. The predicted octanol–water partition coefficient (Wildman–Crippen LogP) is 11.8. The lowest BCUT2D eigenvalue weighted by Gasteiger charge is -2.29. The average Bonchev–Trinajstić information content (AvgIpc) is 2.88. The highest BCUT2D eigenvalue weighted by Gasteiger charge is 2.27. The summed E-state index contributed by atoms with van der Waals surface area (Å²) in [4.78, 5) is 13.0. The fourth-order valence-corrected chi connectivity index (χ4v) is 4.90. The summed E-state index contributed by atoms with van der Waals surface area (Å²) >= 11 is 0. The molecule has 0 aliphatic rings. The molecule has 0 atom stereocenters. The Morgan fingerprint density at radius 3 is 0.932 bits per heavy atom. The summed E-state index contributed by atoms with van der Waals surface area (Å²) in [5.41, 5.74) is 9.14. The van der Waals surface area contributed by atoms with Crippen LogP contribution in [0.3, 0.4) is 0 Å². The van der Waals surface area contributed by atoms with Crippen LogP contribution in [-0.4, -0.2) is 15.0 Å². The molecular weight excluding hydrogens is 534 g/mol. The van der Waals surface area contributed by atoms with Gasteiger partial charge in [0.1, 0.15) is 0 Å². The molecule has 0 saturated heterocycles. The second-order valence-electron chi connectivity index (χ2n) is 17.7. The highest BCUT2D eigenvalue weighted by atomic mass is 14.7. The van der Waals surface area contributed by atoms with Gasteiger partial charge >= 0.3 is 0 Å². The van der Waals surface area contributed by atoms with E-state index in [0.717, 1.165) is 0 Å². The number of hydrogen-bond donors (Lipinski definition) is 0. The first-order chi connectivity index (χ1) is 19.7. The zero-order valence-electron chi connectivity index (χ0n) is 32.0. The molecule has 3 heteroatoms. The molecule has 246 valence electrons. The Hall–Kier alpha value is -2.81. The fourth-order valence-electron chi connectivity index (χ4n) is 4.90. The molecule has 0 aromatic carbocycles. The van der Waals surface area contributed by atoms with Crippen LogP contribution in [0, 0.1) is 0 Å². The van der Waals surface area contributed by atoms with Gasteiger partial charge < -0.3 is 0 Å². The first-order valence-electron chi connectivity index (χ1n) is 16.0. The third kappa shape index (κ3) is 13.0. The van der Waals surface area contributed by atoms with Gasteiger partial charge in [-0.15, -0.1) is 13.2 Å². The minimum absolute atomic E-state index is 0.129. The normalized spacial score (nSPS) is 12.5. The number of pyridine rings is 3. The molecule has 0 spiro atoms. The molecule has 3 heterocycles. The van der Waals surface area contributed by atoms with Gasteiger partial charge in [-0.05, 0) is 73.1 Å².